The first-order valence-electron chi connectivity index (χ1n) is 13.1. The lowest BCUT2D eigenvalue weighted by Gasteiger charge is -2.33. The number of carbonyl (C=O) groups excluding carboxylic acids is 2. The van der Waals surface area contributed by atoms with Crippen LogP contribution in [0.3, 0.4) is 0 Å². The Morgan fingerprint density at radius 2 is 1.57 bits per heavy atom. The van der Waals surface area contributed by atoms with Crippen LogP contribution in [-0.2, 0) is 26.2 Å². The van der Waals surface area contributed by atoms with Crippen molar-refractivity contribution in [3.05, 3.63) is 94.0 Å². The molecule has 3 rings (SSSR count). The van der Waals surface area contributed by atoms with Crippen LogP contribution in [-0.4, -0.2) is 44.3 Å². The number of halogens is 2. The molecule has 3 aromatic carbocycles. The van der Waals surface area contributed by atoms with Crippen LogP contribution in [0.2, 0.25) is 10.0 Å². The highest BCUT2D eigenvalue weighted by Crippen LogP contribution is 2.26. The molecule has 0 saturated heterocycles. The van der Waals surface area contributed by atoms with Gasteiger partial charge in [-0.1, -0.05) is 85.9 Å². The molecule has 0 fully saturated rings. The molecule has 2 amide bonds. The summed E-state index contributed by atoms with van der Waals surface area (Å²) in [4.78, 5) is 28.8. The van der Waals surface area contributed by atoms with Crippen molar-refractivity contribution in [2.24, 2.45) is 5.92 Å². The Labute approximate surface area is 247 Å². The molecule has 0 aliphatic heterocycles. The minimum Gasteiger partial charge on any atom is -0.354 e. The maximum atomic E-state index is 14.0. The van der Waals surface area contributed by atoms with Gasteiger partial charge in [0.1, 0.15) is 12.6 Å². The van der Waals surface area contributed by atoms with Crippen LogP contribution in [0.4, 0.5) is 5.69 Å². The number of nitrogens with zero attached hydrogens (tertiary/aromatic N) is 2. The Balaban J connectivity index is 2.03. The summed E-state index contributed by atoms with van der Waals surface area (Å²) in [5.41, 5.74) is 1.90. The van der Waals surface area contributed by atoms with Gasteiger partial charge in [-0.2, -0.15) is 0 Å². The predicted molar refractivity (Wildman–Crippen MR) is 161 cm³/mol. The number of hydrogen-bond donors (Lipinski definition) is 1. The number of amides is 2. The summed E-state index contributed by atoms with van der Waals surface area (Å²) in [7, 11) is -4.11. The molecular weight excluding hydrogens is 569 g/mol. The lowest BCUT2D eigenvalue weighted by Crippen LogP contribution is -2.52. The van der Waals surface area contributed by atoms with Gasteiger partial charge >= 0.3 is 0 Å². The average Bonchev–Trinajstić information content (AvgIpc) is 2.92. The van der Waals surface area contributed by atoms with Gasteiger partial charge in [0.2, 0.25) is 11.8 Å². The lowest BCUT2D eigenvalue weighted by atomic mass is 10.1. The maximum absolute atomic E-state index is 14.0. The van der Waals surface area contributed by atoms with Crippen molar-refractivity contribution in [1.29, 1.82) is 0 Å². The highest BCUT2D eigenvalue weighted by atomic mass is 35.5. The molecule has 0 spiro atoms. The van der Waals surface area contributed by atoms with Gasteiger partial charge in [-0.3, -0.25) is 13.9 Å². The molecule has 0 heterocycles. The van der Waals surface area contributed by atoms with Crippen LogP contribution >= 0.6 is 23.2 Å². The zero-order valence-electron chi connectivity index (χ0n) is 23.1. The van der Waals surface area contributed by atoms with E-state index in [4.69, 9.17) is 23.2 Å². The van der Waals surface area contributed by atoms with Crippen molar-refractivity contribution in [2.45, 2.75) is 51.6 Å². The molecular formula is C30H35Cl2N3O4S. The van der Waals surface area contributed by atoms with E-state index in [9.17, 15) is 18.0 Å². The van der Waals surface area contributed by atoms with E-state index in [2.05, 4.69) is 5.32 Å². The molecule has 0 aliphatic carbocycles. The Bertz CT molecular complexity index is 1410. The number of hydrogen-bond acceptors (Lipinski definition) is 4. The van der Waals surface area contributed by atoms with Crippen molar-refractivity contribution in [3.8, 4) is 0 Å². The van der Waals surface area contributed by atoms with Crippen LogP contribution in [0, 0.1) is 12.8 Å². The molecule has 0 saturated carbocycles. The largest absolute Gasteiger partial charge is 0.354 e. The average molecular weight is 605 g/mol. The Kier molecular flexibility index (Phi) is 11.0. The van der Waals surface area contributed by atoms with Gasteiger partial charge in [0.05, 0.1) is 20.6 Å². The molecule has 0 aliphatic rings. The van der Waals surface area contributed by atoms with Gasteiger partial charge in [0, 0.05) is 13.1 Å². The zero-order valence-corrected chi connectivity index (χ0v) is 25.4. The van der Waals surface area contributed by atoms with Gasteiger partial charge in [-0.15, -0.1) is 0 Å². The number of sulfonamides is 1. The molecule has 7 nitrogen and oxygen atoms in total. The third-order valence-corrected chi connectivity index (χ3v) is 8.87. The second-order valence-corrected chi connectivity index (χ2v) is 12.7. The summed E-state index contributed by atoms with van der Waals surface area (Å²) in [6, 6.07) is 19.1. The quantitative estimate of drug-likeness (QED) is 0.272. The standard InChI is InChI=1S/C30H35Cl2N3O4S/c1-5-28(30(37)33-18-21(2)3)34(19-23-13-16-26(31)27(32)17-23)29(36)20-35(24-9-7-6-8-10-24)40(38,39)25-14-11-22(4)12-15-25/h6-17,21,28H,5,18-20H2,1-4H3,(H,33,37). The molecule has 10 heteroatoms. The van der Waals surface area contributed by atoms with E-state index in [-0.39, 0.29) is 23.3 Å². The number of carbonyl (C=O) groups is 2. The smallest absolute Gasteiger partial charge is 0.264 e. The van der Waals surface area contributed by atoms with E-state index in [0.717, 1.165) is 9.87 Å². The molecule has 1 atom stereocenters. The Morgan fingerprint density at radius 3 is 2.15 bits per heavy atom. The minimum atomic E-state index is -4.11. The van der Waals surface area contributed by atoms with Gasteiger partial charge in [0.15, 0.2) is 0 Å². The second-order valence-electron chi connectivity index (χ2n) is 9.99. The summed E-state index contributed by atoms with van der Waals surface area (Å²) in [6.07, 6.45) is 0.326. The van der Waals surface area contributed by atoms with E-state index >= 15 is 0 Å². The summed E-state index contributed by atoms with van der Waals surface area (Å²) in [6.45, 7) is 7.62. The highest BCUT2D eigenvalue weighted by molar-refractivity contribution is 7.92. The van der Waals surface area contributed by atoms with E-state index < -0.39 is 28.5 Å². The van der Waals surface area contributed by atoms with Crippen molar-refractivity contribution in [2.75, 3.05) is 17.4 Å². The number of benzene rings is 3. The van der Waals surface area contributed by atoms with Crippen molar-refractivity contribution in [3.63, 3.8) is 0 Å². The predicted octanol–water partition coefficient (Wildman–Crippen LogP) is 6.08. The summed E-state index contributed by atoms with van der Waals surface area (Å²) >= 11 is 12.3. The third kappa shape index (κ3) is 7.99. The first kappa shape index (κ1) is 31.5. The van der Waals surface area contributed by atoms with Crippen molar-refractivity contribution in [1.82, 2.24) is 10.2 Å². The lowest BCUT2D eigenvalue weighted by molar-refractivity contribution is -0.140. The number of anilines is 1. The van der Waals surface area contributed by atoms with E-state index in [1.165, 1.54) is 17.0 Å². The Morgan fingerprint density at radius 1 is 0.925 bits per heavy atom. The summed E-state index contributed by atoms with van der Waals surface area (Å²) in [5, 5.41) is 3.59. The molecule has 3 aromatic rings. The van der Waals surface area contributed by atoms with Crippen LogP contribution in [0.5, 0.6) is 0 Å². The molecule has 40 heavy (non-hydrogen) atoms. The molecule has 0 bridgehead atoms. The van der Waals surface area contributed by atoms with Gasteiger partial charge < -0.3 is 10.2 Å². The normalized spacial score (nSPS) is 12.2. The fourth-order valence-corrected chi connectivity index (χ4v) is 5.87. The van der Waals surface area contributed by atoms with Crippen molar-refractivity contribution >= 4 is 50.7 Å². The minimum absolute atomic E-state index is 0.0382. The number of aryl methyl sites for hydroxylation is 1. The topological polar surface area (TPSA) is 86.8 Å². The van der Waals surface area contributed by atoms with E-state index in [0.29, 0.717) is 34.3 Å². The molecule has 0 aromatic heterocycles. The van der Waals surface area contributed by atoms with Crippen molar-refractivity contribution < 1.29 is 18.0 Å². The second kappa shape index (κ2) is 14.0. The van der Waals surface area contributed by atoms with Gasteiger partial charge in [-0.05, 0) is 61.2 Å². The SMILES string of the molecule is CCC(C(=O)NCC(C)C)N(Cc1ccc(Cl)c(Cl)c1)C(=O)CN(c1ccccc1)S(=O)(=O)c1ccc(C)cc1. The van der Waals surface area contributed by atoms with Crippen LogP contribution in [0.15, 0.2) is 77.7 Å². The zero-order chi connectivity index (χ0) is 29.4. The van der Waals surface area contributed by atoms with Crippen LogP contribution in [0.25, 0.3) is 0 Å². The maximum Gasteiger partial charge on any atom is 0.264 e. The summed E-state index contributed by atoms with van der Waals surface area (Å²) < 4.78 is 28.8. The molecule has 1 N–H and O–H groups in total. The van der Waals surface area contributed by atoms with Crippen LogP contribution in [0.1, 0.15) is 38.3 Å². The Hall–Kier alpha value is -3.07. The monoisotopic (exact) mass is 603 g/mol. The molecule has 0 radical (unpaired) electrons. The van der Waals surface area contributed by atoms with E-state index in [1.54, 1.807) is 60.7 Å². The number of nitrogens with one attached hydrogen (secondary N) is 1. The molecule has 214 valence electrons. The fraction of sp³-hybridized carbons (Fsp3) is 0.333. The van der Waals surface area contributed by atoms with Crippen LogP contribution < -0.4 is 9.62 Å². The molecule has 1 unspecified atom stereocenters. The first-order chi connectivity index (χ1) is 18.9. The van der Waals surface area contributed by atoms with Gasteiger partial charge in [-0.25, -0.2) is 8.42 Å². The number of rotatable bonds is 12. The highest BCUT2D eigenvalue weighted by Gasteiger charge is 2.33. The number of para-hydroxylation sites is 1. The van der Waals surface area contributed by atoms with Gasteiger partial charge in [0.25, 0.3) is 10.0 Å². The first-order valence-corrected chi connectivity index (χ1v) is 15.3. The summed E-state index contributed by atoms with van der Waals surface area (Å²) in [5.74, 6) is -0.622. The third-order valence-electron chi connectivity index (χ3n) is 6.34. The fourth-order valence-electron chi connectivity index (χ4n) is 4.14. The van der Waals surface area contributed by atoms with E-state index in [1.807, 2.05) is 27.7 Å².